The number of nitrogens with zero attached hydrogens (tertiary/aromatic N) is 2. The fourth-order valence-electron chi connectivity index (χ4n) is 5.37. The van der Waals surface area contributed by atoms with Crippen molar-refractivity contribution in [3.05, 3.63) is 132 Å². The van der Waals surface area contributed by atoms with Crippen molar-refractivity contribution in [2.75, 3.05) is 0 Å². The maximum Gasteiger partial charge on any atom is 0.387 e. The van der Waals surface area contributed by atoms with E-state index in [2.05, 4.69) is 9.47 Å². The smallest absolute Gasteiger partial charge is 0.387 e. The molecule has 2 heterocycles. The van der Waals surface area contributed by atoms with Crippen LogP contribution in [0.3, 0.4) is 0 Å². The van der Waals surface area contributed by atoms with Gasteiger partial charge in [-0.15, -0.1) is 0 Å². The highest BCUT2D eigenvalue weighted by Gasteiger charge is 2.32. The summed E-state index contributed by atoms with van der Waals surface area (Å²) in [5.74, 6) is -0.430. The lowest BCUT2D eigenvalue weighted by Gasteiger charge is -2.31. The van der Waals surface area contributed by atoms with Crippen LogP contribution in [0.15, 0.2) is 99.4 Å². The van der Waals surface area contributed by atoms with E-state index in [0.717, 1.165) is 34.5 Å². The minimum absolute atomic E-state index is 0.0107. The predicted octanol–water partition coefficient (Wildman–Crippen LogP) is 6.82. The lowest BCUT2D eigenvalue weighted by Crippen LogP contribution is -2.39. The lowest BCUT2D eigenvalue weighted by molar-refractivity contribution is -0.0505. The van der Waals surface area contributed by atoms with Crippen LogP contribution in [0.2, 0.25) is 0 Å². The van der Waals surface area contributed by atoms with Gasteiger partial charge in [-0.2, -0.15) is 17.6 Å². The molecule has 1 aliphatic heterocycles. The molecule has 0 fully saturated rings. The van der Waals surface area contributed by atoms with E-state index in [0.29, 0.717) is 33.4 Å². The Morgan fingerprint density at radius 1 is 0.860 bits per heavy atom. The summed E-state index contributed by atoms with van der Waals surface area (Å²) in [4.78, 5) is 19.1. The third-order valence-electron chi connectivity index (χ3n) is 7.19. The maximum absolute atomic E-state index is 14.5. The Labute approximate surface area is 246 Å². The summed E-state index contributed by atoms with van der Waals surface area (Å²) < 4.78 is 76.1. The van der Waals surface area contributed by atoms with Crippen molar-refractivity contribution >= 4 is 23.5 Å². The standard InChI is InChI=1S/C32H23F5N2O3S/c33-25-7-2-1-4-20(25)17-26-29(40)39-28(19-10-14-23(15-11-19)42-31(36)37)24-6-3-5-21(27(24)38-32(39)43-26)16-18-8-12-22(13-9-18)41-30(34)35/h1-2,4,7-17,28,30-31H,3,5-6H2/b21-16+,26-17+/t28-/m1/s1. The first-order valence-electron chi connectivity index (χ1n) is 13.4. The van der Waals surface area contributed by atoms with Crippen molar-refractivity contribution in [1.29, 1.82) is 0 Å². The molecule has 5 nitrogen and oxygen atoms in total. The molecule has 4 aromatic rings. The number of benzene rings is 3. The van der Waals surface area contributed by atoms with Crippen molar-refractivity contribution in [3.8, 4) is 11.5 Å². The van der Waals surface area contributed by atoms with Crippen LogP contribution in [-0.4, -0.2) is 17.8 Å². The second-order valence-corrected chi connectivity index (χ2v) is 10.9. The molecule has 1 aromatic heterocycles. The Hall–Kier alpha value is -4.51. The monoisotopic (exact) mass is 610 g/mol. The summed E-state index contributed by atoms with van der Waals surface area (Å²) in [7, 11) is 0. The van der Waals surface area contributed by atoms with Gasteiger partial charge >= 0.3 is 13.2 Å². The number of ether oxygens (including phenoxy) is 2. The van der Waals surface area contributed by atoms with Gasteiger partial charge in [0.05, 0.1) is 16.3 Å². The van der Waals surface area contributed by atoms with E-state index in [1.807, 2.05) is 6.08 Å². The van der Waals surface area contributed by atoms with Gasteiger partial charge in [0, 0.05) is 5.56 Å². The third-order valence-corrected chi connectivity index (χ3v) is 8.18. The van der Waals surface area contributed by atoms with Gasteiger partial charge in [0.1, 0.15) is 17.3 Å². The Kier molecular flexibility index (Phi) is 7.98. The molecule has 0 radical (unpaired) electrons. The van der Waals surface area contributed by atoms with Crippen molar-refractivity contribution in [2.45, 2.75) is 38.5 Å². The second-order valence-electron chi connectivity index (χ2n) is 9.90. The summed E-state index contributed by atoms with van der Waals surface area (Å²) in [6, 6.07) is 18.0. The van der Waals surface area contributed by atoms with E-state index >= 15 is 0 Å². The highest BCUT2D eigenvalue weighted by molar-refractivity contribution is 7.07. The van der Waals surface area contributed by atoms with Crippen LogP contribution in [0.5, 0.6) is 11.5 Å². The van der Waals surface area contributed by atoms with Gasteiger partial charge < -0.3 is 9.47 Å². The first-order chi connectivity index (χ1) is 20.8. The quantitative estimate of drug-likeness (QED) is 0.216. The molecule has 0 amide bonds. The van der Waals surface area contributed by atoms with Crippen LogP contribution in [0, 0.1) is 5.82 Å². The summed E-state index contributed by atoms with van der Waals surface area (Å²) in [5.41, 5.74) is 3.84. The minimum Gasteiger partial charge on any atom is -0.435 e. The number of alkyl halides is 4. The molecule has 0 unspecified atom stereocenters. The van der Waals surface area contributed by atoms with Gasteiger partial charge in [0.15, 0.2) is 4.80 Å². The van der Waals surface area contributed by atoms with Crippen LogP contribution in [0.4, 0.5) is 22.0 Å². The maximum atomic E-state index is 14.5. The number of fused-ring (bicyclic) bond motifs is 1. The van der Waals surface area contributed by atoms with Crippen molar-refractivity contribution in [3.63, 3.8) is 0 Å². The molecule has 1 atom stereocenters. The summed E-state index contributed by atoms with van der Waals surface area (Å²) in [5, 5.41) is 0. The first-order valence-corrected chi connectivity index (χ1v) is 14.2. The van der Waals surface area contributed by atoms with Gasteiger partial charge in [-0.3, -0.25) is 9.36 Å². The zero-order chi connectivity index (χ0) is 30.1. The summed E-state index contributed by atoms with van der Waals surface area (Å²) in [6.45, 7) is -5.90. The van der Waals surface area contributed by atoms with E-state index in [-0.39, 0.29) is 22.6 Å². The zero-order valence-corrected chi connectivity index (χ0v) is 23.2. The highest BCUT2D eigenvalue weighted by atomic mass is 32.1. The molecule has 1 aliphatic carbocycles. The third kappa shape index (κ3) is 6.03. The second kappa shape index (κ2) is 12.0. The number of aromatic nitrogens is 1. The van der Waals surface area contributed by atoms with E-state index < -0.39 is 25.1 Å². The molecule has 0 saturated carbocycles. The Morgan fingerprint density at radius 2 is 1.51 bits per heavy atom. The summed E-state index contributed by atoms with van der Waals surface area (Å²) in [6.07, 6.45) is 5.51. The van der Waals surface area contributed by atoms with E-state index in [9.17, 15) is 26.7 Å². The molecule has 0 bridgehead atoms. The summed E-state index contributed by atoms with van der Waals surface area (Å²) >= 11 is 1.14. The van der Waals surface area contributed by atoms with Crippen LogP contribution >= 0.6 is 11.3 Å². The molecule has 0 saturated heterocycles. The van der Waals surface area contributed by atoms with Gasteiger partial charge in [-0.25, -0.2) is 9.38 Å². The van der Waals surface area contributed by atoms with Crippen molar-refractivity contribution < 1.29 is 31.4 Å². The van der Waals surface area contributed by atoms with Crippen molar-refractivity contribution in [2.24, 2.45) is 4.99 Å². The predicted molar refractivity (Wildman–Crippen MR) is 152 cm³/mol. The molecular formula is C32H23F5N2O3S. The topological polar surface area (TPSA) is 52.8 Å². The Balaban J connectivity index is 1.50. The van der Waals surface area contributed by atoms with Crippen LogP contribution < -0.4 is 24.4 Å². The molecule has 0 spiro atoms. The van der Waals surface area contributed by atoms with E-state index in [1.165, 1.54) is 36.4 Å². The fourth-order valence-corrected chi connectivity index (χ4v) is 6.36. The SMILES string of the molecule is O=c1/c(=C\c2ccccc2F)sc2n1[C@H](c1ccc(OC(F)F)cc1)C1=C(N=2)/C(=C/c2ccc(OC(F)F)cc2)CCC1. The first kappa shape index (κ1) is 28.6. The fraction of sp³-hybridized carbons (Fsp3) is 0.188. The molecular weight excluding hydrogens is 587 g/mol. The average molecular weight is 611 g/mol. The largest absolute Gasteiger partial charge is 0.435 e. The number of halogens is 5. The van der Waals surface area contributed by atoms with Crippen LogP contribution in [0.25, 0.3) is 12.2 Å². The normalized spacial score (nSPS) is 17.7. The van der Waals surface area contributed by atoms with Crippen LogP contribution in [0.1, 0.15) is 42.0 Å². The van der Waals surface area contributed by atoms with E-state index in [4.69, 9.17) is 4.99 Å². The molecule has 220 valence electrons. The molecule has 3 aromatic carbocycles. The number of hydrogen-bond donors (Lipinski definition) is 0. The van der Waals surface area contributed by atoms with Gasteiger partial charge in [0.2, 0.25) is 0 Å². The van der Waals surface area contributed by atoms with Crippen LogP contribution in [-0.2, 0) is 0 Å². The Morgan fingerprint density at radius 3 is 2.16 bits per heavy atom. The Bertz CT molecular complexity index is 1890. The average Bonchev–Trinajstić information content (AvgIpc) is 3.28. The molecule has 6 rings (SSSR count). The van der Waals surface area contributed by atoms with Gasteiger partial charge in [-0.05, 0) is 84.0 Å². The molecule has 2 aliphatic rings. The number of thiazole rings is 1. The van der Waals surface area contributed by atoms with E-state index in [1.54, 1.807) is 47.0 Å². The number of hydrogen-bond acceptors (Lipinski definition) is 5. The molecule has 0 N–H and O–H groups in total. The van der Waals surface area contributed by atoms with Crippen molar-refractivity contribution in [1.82, 2.24) is 4.57 Å². The molecule has 43 heavy (non-hydrogen) atoms. The zero-order valence-electron chi connectivity index (χ0n) is 22.4. The highest BCUT2D eigenvalue weighted by Crippen LogP contribution is 2.41. The van der Waals surface area contributed by atoms with Gasteiger partial charge in [-0.1, -0.05) is 53.8 Å². The lowest BCUT2D eigenvalue weighted by atomic mass is 9.84. The number of rotatable bonds is 7. The van der Waals surface area contributed by atoms with Gasteiger partial charge in [0.25, 0.3) is 5.56 Å². The minimum atomic E-state index is -2.97. The molecule has 11 heteroatoms. The number of allylic oxidation sites excluding steroid dienone is 2.